The average Bonchev–Trinajstić information content (AvgIpc) is 3.52. The lowest BCUT2D eigenvalue weighted by Crippen LogP contribution is -2.41. The molecule has 0 aromatic heterocycles. The zero-order chi connectivity index (χ0) is 30.5. The van der Waals surface area contributed by atoms with Crippen molar-refractivity contribution >= 4 is 45.8 Å². The van der Waals surface area contributed by atoms with E-state index < -0.39 is 28.6 Å². The van der Waals surface area contributed by atoms with E-state index >= 15 is 0 Å². The van der Waals surface area contributed by atoms with Crippen molar-refractivity contribution in [1.82, 2.24) is 20.9 Å². The molecule has 3 aromatic carbocycles. The van der Waals surface area contributed by atoms with Gasteiger partial charge in [-0.1, -0.05) is 12.1 Å². The van der Waals surface area contributed by atoms with Gasteiger partial charge in [0.2, 0.25) is 0 Å². The summed E-state index contributed by atoms with van der Waals surface area (Å²) in [6, 6.07) is 11.3. The Morgan fingerprint density at radius 2 is 1.53 bits per heavy atom. The third kappa shape index (κ3) is 6.38. The monoisotopic (exact) mass is 587 g/mol. The number of nitro groups is 1. The van der Waals surface area contributed by atoms with Crippen LogP contribution in [0.5, 0.6) is 0 Å². The second-order valence-corrected chi connectivity index (χ2v) is 10.5. The van der Waals surface area contributed by atoms with Crippen LogP contribution in [0.15, 0.2) is 48.5 Å². The SMILES string of the molecule is NCCNCCNC(=O)c1cc(C(=O)NCCN2CCCC2)cc(N2C(=O)c3cccc4cc([N+](=O)[O-])cc(c34)C2=O)c1. The molecule has 0 bridgehead atoms. The van der Waals surface area contributed by atoms with Crippen LogP contribution in [0.25, 0.3) is 10.8 Å². The van der Waals surface area contributed by atoms with Crippen LogP contribution in [0.1, 0.15) is 54.3 Å². The van der Waals surface area contributed by atoms with E-state index in [2.05, 4.69) is 20.9 Å². The van der Waals surface area contributed by atoms with Crippen LogP contribution in [-0.4, -0.2) is 85.8 Å². The van der Waals surface area contributed by atoms with Gasteiger partial charge < -0.3 is 26.6 Å². The van der Waals surface area contributed by atoms with Gasteiger partial charge in [-0.3, -0.25) is 29.3 Å². The molecule has 0 unspecified atom stereocenters. The van der Waals surface area contributed by atoms with Crippen molar-refractivity contribution in [3.05, 3.63) is 80.9 Å². The van der Waals surface area contributed by atoms with Crippen molar-refractivity contribution in [3.8, 4) is 0 Å². The number of nitrogens with two attached hydrogens (primary N) is 1. The molecule has 2 aliphatic rings. The highest BCUT2D eigenvalue weighted by atomic mass is 16.6. The van der Waals surface area contributed by atoms with Gasteiger partial charge in [-0.25, -0.2) is 4.90 Å². The topological polar surface area (TPSA) is 180 Å². The van der Waals surface area contributed by atoms with Gasteiger partial charge in [0.25, 0.3) is 29.3 Å². The molecule has 1 fully saturated rings. The fourth-order valence-corrected chi connectivity index (χ4v) is 5.46. The summed E-state index contributed by atoms with van der Waals surface area (Å²) < 4.78 is 0. The van der Waals surface area contributed by atoms with Gasteiger partial charge in [0, 0.05) is 73.5 Å². The van der Waals surface area contributed by atoms with Crippen molar-refractivity contribution in [2.45, 2.75) is 12.8 Å². The number of nitrogens with one attached hydrogen (secondary N) is 3. The molecule has 2 aliphatic heterocycles. The highest BCUT2D eigenvalue weighted by Crippen LogP contribution is 2.36. The molecule has 3 aromatic rings. The van der Waals surface area contributed by atoms with E-state index in [0.29, 0.717) is 43.5 Å². The number of nitrogens with zero attached hydrogens (tertiary/aromatic N) is 3. The minimum absolute atomic E-state index is 0.00255. The van der Waals surface area contributed by atoms with E-state index in [-0.39, 0.29) is 40.2 Å². The number of hydrogen-bond donors (Lipinski definition) is 4. The van der Waals surface area contributed by atoms with Gasteiger partial charge >= 0.3 is 0 Å². The van der Waals surface area contributed by atoms with E-state index in [1.807, 2.05) is 0 Å². The van der Waals surface area contributed by atoms with E-state index in [0.717, 1.165) is 36.9 Å². The maximum absolute atomic E-state index is 13.8. The third-order valence-electron chi connectivity index (χ3n) is 7.56. The molecule has 0 atom stereocenters. The van der Waals surface area contributed by atoms with Crippen LogP contribution in [0.4, 0.5) is 11.4 Å². The van der Waals surface area contributed by atoms with Crippen molar-refractivity contribution < 1.29 is 24.1 Å². The number of benzene rings is 3. The molecule has 5 rings (SSSR count). The molecule has 1 saturated heterocycles. The molecule has 13 nitrogen and oxygen atoms in total. The standard InChI is InChI=1S/C30H33N7O6/c31-6-7-32-8-9-33-27(38)20-14-21(28(39)34-10-13-35-11-1-2-12-35)17-22(16-20)36-29(40)24-5-3-4-19-15-23(37(42)43)18-25(26(19)24)30(36)41/h3-5,14-18,32H,1-2,6-13,31H2,(H,33,38)(H,34,39). The molecule has 0 radical (unpaired) electrons. The molecule has 13 heteroatoms. The first-order valence-corrected chi connectivity index (χ1v) is 14.2. The molecule has 0 saturated carbocycles. The summed E-state index contributed by atoms with van der Waals surface area (Å²) in [4.78, 5) is 68.0. The van der Waals surface area contributed by atoms with Crippen LogP contribution in [0, 0.1) is 10.1 Å². The molecule has 5 N–H and O–H groups in total. The summed E-state index contributed by atoms with van der Waals surface area (Å²) in [5.41, 5.74) is 5.52. The zero-order valence-electron chi connectivity index (χ0n) is 23.6. The fraction of sp³-hybridized carbons (Fsp3) is 0.333. The summed E-state index contributed by atoms with van der Waals surface area (Å²) in [6.07, 6.45) is 2.24. The molecule has 224 valence electrons. The van der Waals surface area contributed by atoms with Crippen LogP contribution in [0.2, 0.25) is 0 Å². The highest BCUT2D eigenvalue weighted by Gasteiger charge is 2.36. The number of likely N-dealkylation sites (tertiary alicyclic amines) is 1. The van der Waals surface area contributed by atoms with Crippen LogP contribution in [-0.2, 0) is 0 Å². The molecule has 2 heterocycles. The number of carbonyl (C=O) groups excluding carboxylic acids is 4. The Labute approximate surface area is 247 Å². The zero-order valence-corrected chi connectivity index (χ0v) is 23.6. The Bertz CT molecular complexity index is 1600. The third-order valence-corrected chi connectivity index (χ3v) is 7.56. The average molecular weight is 588 g/mol. The quantitative estimate of drug-likeness (QED) is 0.106. The summed E-state index contributed by atoms with van der Waals surface area (Å²) in [5.74, 6) is -2.42. The number of hydrogen-bond acceptors (Lipinski definition) is 9. The Morgan fingerprint density at radius 3 is 2.21 bits per heavy atom. The first-order chi connectivity index (χ1) is 20.8. The van der Waals surface area contributed by atoms with E-state index in [9.17, 15) is 29.3 Å². The second kappa shape index (κ2) is 13.1. The minimum Gasteiger partial charge on any atom is -0.351 e. The molecule has 0 aliphatic carbocycles. The van der Waals surface area contributed by atoms with Gasteiger partial charge in [-0.2, -0.15) is 0 Å². The number of carbonyl (C=O) groups is 4. The van der Waals surface area contributed by atoms with Crippen LogP contribution in [0.3, 0.4) is 0 Å². The molecular formula is C30H33N7O6. The van der Waals surface area contributed by atoms with E-state index in [1.165, 1.54) is 30.3 Å². The van der Waals surface area contributed by atoms with Crippen LogP contribution >= 0.6 is 0 Å². The van der Waals surface area contributed by atoms with Crippen molar-refractivity contribution in [2.75, 3.05) is 57.3 Å². The highest BCUT2D eigenvalue weighted by molar-refractivity contribution is 6.36. The number of anilines is 1. The number of non-ortho nitro benzene ring substituents is 1. The van der Waals surface area contributed by atoms with Crippen molar-refractivity contribution in [2.24, 2.45) is 5.73 Å². The van der Waals surface area contributed by atoms with Gasteiger partial charge in [-0.15, -0.1) is 0 Å². The fourth-order valence-electron chi connectivity index (χ4n) is 5.46. The lowest BCUT2D eigenvalue weighted by atomic mass is 9.92. The smallest absolute Gasteiger partial charge is 0.270 e. The predicted octanol–water partition coefficient (Wildman–Crippen LogP) is 1.65. The first-order valence-electron chi connectivity index (χ1n) is 14.2. The second-order valence-electron chi connectivity index (χ2n) is 10.5. The molecule has 4 amide bonds. The summed E-state index contributed by atoms with van der Waals surface area (Å²) >= 11 is 0. The summed E-state index contributed by atoms with van der Waals surface area (Å²) in [7, 11) is 0. The Hall–Kier alpha value is -4.72. The number of imide groups is 1. The lowest BCUT2D eigenvalue weighted by Gasteiger charge is -2.28. The number of rotatable bonds is 12. The lowest BCUT2D eigenvalue weighted by molar-refractivity contribution is -0.384. The first kappa shape index (κ1) is 29.8. The number of nitro benzene ring substituents is 1. The normalized spacial score (nSPS) is 14.8. The summed E-state index contributed by atoms with van der Waals surface area (Å²) in [5, 5.41) is 21.0. The number of amides is 4. The minimum atomic E-state index is -0.790. The molecule has 43 heavy (non-hydrogen) atoms. The van der Waals surface area contributed by atoms with Gasteiger partial charge in [-0.05, 0) is 55.6 Å². The van der Waals surface area contributed by atoms with Gasteiger partial charge in [0.15, 0.2) is 0 Å². The van der Waals surface area contributed by atoms with E-state index in [4.69, 9.17) is 5.73 Å². The van der Waals surface area contributed by atoms with Gasteiger partial charge in [0.05, 0.1) is 16.2 Å². The van der Waals surface area contributed by atoms with E-state index in [1.54, 1.807) is 12.1 Å². The van der Waals surface area contributed by atoms with Crippen molar-refractivity contribution in [1.29, 1.82) is 0 Å². The van der Waals surface area contributed by atoms with Gasteiger partial charge in [0.1, 0.15) is 0 Å². The maximum atomic E-state index is 13.8. The molecular weight excluding hydrogens is 554 g/mol. The Kier molecular flexibility index (Phi) is 9.04. The summed E-state index contributed by atoms with van der Waals surface area (Å²) in [6.45, 7) is 4.79. The Morgan fingerprint density at radius 1 is 0.860 bits per heavy atom. The van der Waals surface area contributed by atoms with Crippen LogP contribution < -0.4 is 26.6 Å². The largest absolute Gasteiger partial charge is 0.351 e. The van der Waals surface area contributed by atoms with Crippen molar-refractivity contribution in [3.63, 3.8) is 0 Å². The molecule has 0 spiro atoms. The predicted molar refractivity (Wildman–Crippen MR) is 160 cm³/mol. The maximum Gasteiger partial charge on any atom is 0.270 e. The Balaban J connectivity index is 1.49.